The lowest BCUT2D eigenvalue weighted by Crippen LogP contribution is -2.17. The molecule has 8 nitrogen and oxygen atoms in total. The zero-order valence-corrected chi connectivity index (χ0v) is 40.3. The van der Waals surface area contributed by atoms with Crippen LogP contribution in [0.3, 0.4) is 0 Å². The molecule has 0 radical (unpaired) electrons. The first kappa shape index (κ1) is 49.9. The molecule has 2 atom stereocenters. The van der Waals surface area contributed by atoms with Crippen molar-refractivity contribution < 1.29 is 19.1 Å². The highest BCUT2D eigenvalue weighted by molar-refractivity contribution is 8.93. The zero-order chi connectivity index (χ0) is 40.4. The van der Waals surface area contributed by atoms with Gasteiger partial charge in [-0.05, 0) is 152 Å². The summed E-state index contributed by atoms with van der Waals surface area (Å²) in [5.74, 6) is -0.349. The monoisotopic (exact) mass is 912 g/mol. The predicted octanol–water partition coefficient (Wildman–Crippen LogP) is 13.0. The number of aromatic amines is 2. The van der Waals surface area contributed by atoms with Crippen LogP contribution in [-0.4, -0.2) is 45.5 Å². The molecule has 2 aromatic rings. The van der Waals surface area contributed by atoms with E-state index in [-0.39, 0.29) is 71.0 Å². The summed E-state index contributed by atoms with van der Waals surface area (Å²) < 4.78 is 11.5. The lowest BCUT2D eigenvalue weighted by molar-refractivity contribution is -0.148. The van der Waals surface area contributed by atoms with E-state index >= 15 is 0 Å². The second-order valence-electron chi connectivity index (χ2n) is 16.0. The van der Waals surface area contributed by atoms with Crippen LogP contribution >= 0.6 is 34.0 Å². The van der Waals surface area contributed by atoms with Crippen molar-refractivity contribution in [1.82, 2.24) is 9.97 Å². The van der Waals surface area contributed by atoms with Gasteiger partial charge in [0, 0.05) is 40.6 Å². The van der Waals surface area contributed by atoms with Crippen LogP contribution in [-0.2, 0) is 31.9 Å². The molecule has 0 aliphatic carbocycles. The van der Waals surface area contributed by atoms with Gasteiger partial charge in [0.25, 0.3) is 0 Å². The Balaban J connectivity index is 0.00000561. The molecule has 10 heteroatoms. The molecule has 2 aromatic heterocycles. The molecule has 4 rings (SSSR count). The Bertz CT molecular complexity index is 1780. The number of hydrogen-bond acceptors (Lipinski definition) is 6. The van der Waals surface area contributed by atoms with Crippen molar-refractivity contribution >= 4 is 69.5 Å². The average molecular weight is 915 g/mol. The van der Waals surface area contributed by atoms with E-state index in [4.69, 9.17) is 19.5 Å². The second-order valence-corrected chi connectivity index (χ2v) is 16.0. The molecule has 0 aromatic carbocycles. The second kappa shape index (κ2) is 23.4. The van der Waals surface area contributed by atoms with Crippen molar-refractivity contribution in [2.45, 2.75) is 179 Å². The first-order chi connectivity index (χ1) is 26.1. The topological polar surface area (TPSA) is 109 Å². The molecule has 0 amide bonds. The van der Waals surface area contributed by atoms with Gasteiger partial charge in [-0.3, -0.25) is 19.6 Å². The SMILES string of the molecule is Br.Br.CCCCCC[C@H](C)OC(=O)Cc1c(C)[nH]c(/C=C2\N=C(C)C(CC3=C(C)/C(=C/c4[nH]c(C)c(CC(=O)O[C@@H](C)CCCCCC)c4C)N=C3C)=C2C)c1C. The minimum absolute atomic E-state index is 0. The van der Waals surface area contributed by atoms with Crippen LogP contribution in [0.2, 0.25) is 0 Å². The Kier molecular flexibility index (Phi) is 20.5. The Morgan fingerprint density at radius 1 is 0.596 bits per heavy atom. The number of ether oxygens (including phenoxy) is 2. The molecule has 57 heavy (non-hydrogen) atoms. The molecule has 0 fully saturated rings. The molecule has 2 N–H and O–H groups in total. The van der Waals surface area contributed by atoms with E-state index in [0.29, 0.717) is 0 Å². The number of unbranched alkanes of at least 4 members (excludes halogenated alkanes) is 6. The van der Waals surface area contributed by atoms with Gasteiger partial charge in [-0.2, -0.15) is 0 Å². The number of aliphatic imine (C=N–C) groups is 2. The van der Waals surface area contributed by atoms with Crippen LogP contribution in [0, 0.1) is 27.7 Å². The summed E-state index contributed by atoms with van der Waals surface area (Å²) in [5, 5.41) is 0. The summed E-state index contributed by atoms with van der Waals surface area (Å²) in [6.45, 7) is 25.0. The van der Waals surface area contributed by atoms with Gasteiger partial charge in [0.15, 0.2) is 0 Å². The fraction of sp³-hybridized carbons (Fsp3) is 0.574. The van der Waals surface area contributed by atoms with Crippen LogP contribution in [0.25, 0.3) is 12.2 Å². The normalized spacial score (nSPS) is 16.5. The molecule has 0 spiro atoms. The standard InChI is InChI=1S/C47H68N4O4.2BrH/c1-13-15-17-19-21-28(3)54-46(52)24-40-32(7)44(50-36(40)11)26-42-30(5)38(34(9)48-42)23-39-31(6)43(49-35(39)10)27-45-33(8)41(37(12)51-45)25-47(53)55-29(4)22-20-18-16-14-2;;/h26-29,50-51H,13-25H2,1-12H3;2*1H/b42-26-,43-27-;;/t28-,29-;;/m0../s1. The molecule has 4 heterocycles. The van der Waals surface area contributed by atoms with E-state index in [9.17, 15) is 9.59 Å². The Morgan fingerprint density at radius 3 is 1.32 bits per heavy atom. The lowest BCUT2D eigenvalue weighted by atomic mass is 9.93. The van der Waals surface area contributed by atoms with Crippen LogP contribution in [0.4, 0.5) is 0 Å². The first-order valence-electron chi connectivity index (χ1n) is 20.8. The highest BCUT2D eigenvalue weighted by atomic mass is 79.9. The van der Waals surface area contributed by atoms with E-state index < -0.39 is 0 Å². The fourth-order valence-electron chi connectivity index (χ4n) is 7.87. The van der Waals surface area contributed by atoms with E-state index in [0.717, 1.165) is 111 Å². The lowest BCUT2D eigenvalue weighted by Gasteiger charge is -2.13. The van der Waals surface area contributed by atoms with Crippen molar-refractivity contribution in [3.8, 4) is 0 Å². The van der Waals surface area contributed by atoms with Gasteiger partial charge < -0.3 is 19.4 Å². The summed E-state index contributed by atoms with van der Waals surface area (Å²) in [4.78, 5) is 42.8. The molecule has 2 aliphatic heterocycles. The van der Waals surface area contributed by atoms with Gasteiger partial charge in [0.1, 0.15) is 0 Å². The molecule has 0 saturated heterocycles. The molecule has 0 bridgehead atoms. The van der Waals surface area contributed by atoms with Crippen LogP contribution in [0.5, 0.6) is 0 Å². The number of allylic oxidation sites excluding steroid dienone is 4. The van der Waals surface area contributed by atoms with Crippen molar-refractivity contribution in [2.24, 2.45) is 9.98 Å². The quantitative estimate of drug-likeness (QED) is 0.102. The summed E-state index contributed by atoms with van der Waals surface area (Å²) in [6.07, 6.45) is 16.5. The van der Waals surface area contributed by atoms with Gasteiger partial charge >= 0.3 is 11.9 Å². The van der Waals surface area contributed by atoms with Gasteiger partial charge in [-0.1, -0.05) is 52.4 Å². The van der Waals surface area contributed by atoms with Crippen molar-refractivity contribution in [3.63, 3.8) is 0 Å². The Hall–Kier alpha value is -3.24. The molecule has 316 valence electrons. The highest BCUT2D eigenvalue weighted by Crippen LogP contribution is 2.37. The molecular formula is C47H70Br2N4O4. The number of halogens is 2. The summed E-state index contributed by atoms with van der Waals surface area (Å²) in [7, 11) is 0. The predicted molar refractivity (Wildman–Crippen MR) is 249 cm³/mol. The van der Waals surface area contributed by atoms with Crippen molar-refractivity contribution in [2.75, 3.05) is 0 Å². The Labute approximate surface area is 364 Å². The largest absolute Gasteiger partial charge is 0.462 e. The maximum Gasteiger partial charge on any atom is 0.310 e. The number of aryl methyl sites for hydroxylation is 2. The maximum atomic E-state index is 12.9. The average Bonchev–Trinajstić information content (AvgIpc) is 3.74. The summed E-state index contributed by atoms with van der Waals surface area (Å²) in [6, 6.07) is 0. The number of rotatable bonds is 20. The van der Waals surface area contributed by atoms with E-state index in [2.05, 4.69) is 77.5 Å². The van der Waals surface area contributed by atoms with Crippen molar-refractivity contribution in [3.05, 3.63) is 78.7 Å². The number of nitrogens with zero attached hydrogens (tertiary/aromatic N) is 2. The molecular weight excluding hydrogens is 844 g/mol. The zero-order valence-electron chi connectivity index (χ0n) is 36.8. The minimum Gasteiger partial charge on any atom is -0.462 e. The number of hydrogen-bond donors (Lipinski definition) is 2. The highest BCUT2D eigenvalue weighted by Gasteiger charge is 2.26. The summed E-state index contributed by atoms with van der Waals surface area (Å²) >= 11 is 0. The number of nitrogens with one attached hydrogen (secondary N) is 2. The molecule has 2 aliphatic rings. The summed E-state index contributed by atoms with van der Waals surface area (Å²) in [5.41, 5.74) is 16.6. The molecule has 0 unspecified atom stereocenters. The molecule has 0 saturated carbocycles. The first-order valence-corrected chi connectivity index (χ1v) is 20.8. The number of carbonyl (C=O) groups excluding carboxylic acids is 2. The number of esters is 2. The van der Waals surface area contributed by atoms with E-state index in [1.807, 2.05) is 27.7 Å². The van der Waals surface area contributed by atoms with E-state index in [1.54, 1.807) is 0 Å². The van der Waals surface area contributed by atoms with Gasteiger partial charge in [-0.15, -0.1) is 34.0 Å². The van der Waals surface area contributed by atoms with Gasteiger partial charge in [0.2, 0.25) is 0 Å². The third-order valence-corrected chi connectivity index (χ3v) is 11.5. The van der Waals surface area contributed by atoms with Gasteiger partial charge in [0.05, 0.1) is 36.4 Å². The number of H-pyrrole nitrogens is 2. The fourth-order valence-corrected chi connectivity index (χ4v) is 7.87. The van der Waals surface area contributed by atoms with Crippen molar-refractivity contribution in [1.29, 1.82) is 0 Å². The third-order valence-electron chi connectivity index (χ3n) is 11.5. The number of aromatic nitrogens is 2. The minimum atomic E-state index is -0.175. The van der Waals surface area contributed by atoms with Crippen LogP contribution in [0.15, 0.2) is 43.7 Å². The smallest absolute Gasteiger partial charge is 0.310 e. The Morgan fingerprint density at radius 2 is 0.965 bits per heavy atom. The van der Waals surface area contributed by atoms with Crippen LogP contribution in [0.1, 0.15) is 171 Å². The van der Waals surface area contributed by atoms with Gasteiger partial charge in [-0.25, -0.2) is 0 Å². The number of carbonyl (C=O) groups is 2. The third kappa shape index (κ3) is 13.4. The maximum absolute atomic E-state index is 12.9. The van der Waals surface area contributed by atoms with Crippen LogP contribution < -0.4 is 0 Å². The van der Waals surface area contributed by atoms with E-state index in [1.165, 1.54) is 49.7 Å².